The lowest BCUT2D eigenvalue weighted by Gasteiger charge is -2.00. The number of imidazole rings is 1. The quantitative estimate of drug-likeness (QED) is 0.855. The molecule has 2 aromatic rings. The minimum Gasteiger partial charge on any atom is -0.481 e. The van der Waals surface area contributed by atoms with Crippen LogP contribution in [0.3, 0.4) is 0 Å². The first-order chi connectivity index (χ1) is 7.83. The van der Waals surface area contributed by atoms with Gasteiger partial charge >= 0.3 is 0 Å². The number of ether oxygens (including phenoxy) is 1. The topological polar surface area (TPSA) is 50.8 Å². The van der Waals surface area contributed by atoms with Gasteiger partial charge in [-0.3, -0.25) is 0 Å². The third-order valence-corrected chi connectivity index (χ3v) is 2.32. The predicted octanol–water partition coefficient (Wildman–Crippen LogP) is 2.43. The van der Waals surface area contributed by atoms with Crippen LogP contribution >= 0.6 is 0 Å². The van der Waals surface area contributed by atoms with E-state index in [1.54, 1.807) is 7.11 Å². The zero-order chi connectivity index (χ0) is 11.4. The van der Waals surface area contributed by atoms with Crippen molar-refractivity contribution < 1.29 is 4.74 Å². The van der Waals surface area contributed by atoms with Crippen LogP contribution in [0.1, 0.15) is 19.2 Å². The second kappa shape index (κ2) is 4.79. The molecule has 0 aliphatic rings. The van der Waals surface area contributed by atoms with Crippen molar-refractivity contribution in [1.82, 2.24) is 15.0 Å². The molecule has 0 aromatic carbocycles. The maximum atomic E-state index is 5.09. The lowest BCUT2D eigenvalue weighted by Crippen LogP contribution is -1.90. The zero-order valence-electron chi connectivity index (χ0n) is 9.53. The molecule has 4 nitrogen and oxygen atoms in total. The fourth-order valence-corrected chi connectivity index (χ4v) is 1.54. The molecule has 1 N–H and O–H groups in total. The molecule has 2 aromatic heterocycles. The number of rotatable bonds is 4. The number of hydrogen-bond acceptors (Lipinski definition) is 3. The smallest absolute Gasteiger partial charge is 0.213 e. The molecule has 0 fully saturated rings. The number of aryl methyl sites for hydroxylation is 1. The van der Waals surface area contributed by atoms with Crippen LogP contribution in [0.4, 0.5) is 0 Å². The summed E-state index contributed by atoms with van der Waals surface area (Å²) >= 11 is 0. The van der Waals surface area contributed by atoms with Gasteiger partial charge in [0.25, 0.3) is 0 Å². The monoisotopic (exact) mass is 217 g/mol. The van der Waals surface area contributed by atoms with Gasteiger partial charge in [0, 0.05) is 12.5 Å². The highest BCUT2D eigenvalue weighted by atomic mass is 16.5. The molecule has 0 unspecified atom stereocenters. The molecule has 0 saturated heterocycles. The third-order valence-electron chi connectivity index (χ3n) is 2.32. The number of aromatic nitrogens is 3. The van der Waals surface area contributed by atoms with Crippen LogP contribution < -0.4 is 4.74 Å². The molecule has 2 heterocycles. The molecule has 2 rings (SSSR count). The van der Waals surface area contributed by atoms with E-state index < -0.39 is 0 Å². The van der Waals surface area contributed by atoms with Gasteiger partial charge in [0.1, 0.15) is 5.82 Å². The first-order valence-corrected chi connectivity index (χ1v) is 5.38. The van der Waals surface area contributed by atoms with E-state index in [-0.39, 0.29) is 0 Å². The molecule has 0 spiro atoms. The average Bonchev–Trinajstić information content (AvgIpc) is 2.78. The molecule has 0 aliphatic heterocycles. The van der Waals surface area contributed by atoms with Gasteiger partial charge in [-0.15, -0.1) is 0 Å². The van der Waals surface area contributed by atoms with E-state index in [4.69, 9.17) is 4.74 Å². The fraction of sp³-hybridized carbons (Fsp3) is 0.333. The Morgan fingerprint density at radius 2 is 2.25 bits per heavy atom. The molecule has 4 heteroatoms. The summed E-state index contributed by atoms with van der Waals surface area (Å²) in [5.41, 5.74) is 1.79. The summed E-state index contributed by atoms with van der Waals surface area (Å²) in [5, 5.41) is 0. The summed E-state index contributed by atoms with van der Waals surface area (Å²) in [6.45, 7) is 2.13. The van der Waals surface area contributed by atoms with Crippen LogP contribution in [0.2, 0.25) is 0 Å². The van der Waals surface area contributed by atoms with E-state index in [0.29, 0.717) is 5.88 Å². The first-order valence-electron chi connectivity index (χ1n) is 5.38. The zero-order valence-corrected chi connectivity index (χ0v) is 9.53. The van der Waals surface area contributed by atoms with Gasteiger partial charge in [0.15, 0.2) is 0 Å². The Balaban J connectivity index is 2.27. The van der Waals surface area contributed by atoms with Gasteiger partial charge in [-0.05, 0) is 12.5 Å². The molecule has 0 bridgehead atoms. The summed E-state index contributed by atoms with van der Waals surface area (Å²) in [5.74, 6) is 1.62. The van der Waals surface area contributed by atoms with Gasteiger partial charge in [-0.2, -0.15) is 0 Å². The van der Waals surface area contributed by atoms with Crippen LogP contribution in [-0.4, -0.2) is 22.1 Å². The molecule has 0 saturated carbocycles. The van der Waals surface area contributed by atoms with Gasteiger partial charge in [0.05, 0.1) is 24.7 Å². The van der Waals surface area contributed by atoms with Crippen molar-refractivity contribution in [3.05, 3.63) is 30.2 Å². The minimum atomic E-state index is 0.615. The summed E-state index contributed by atoms with van der Waals surface area (Å²) in [6, 6.07) is 5.68. The predicted molar refractivity (Wildman–Crippen MR) is 62.4 cm³/mol. The van der Waals surface area contributed by atoms with E-state index in [9.17, 15) is 0 Å². The Bertz CT molecular complexity index is 465. The van der Waals surface area contributed by atoms with Crippen LogP contribution in [0.5, 0.6) is 5.88 Å². The molecule has 0 atom stereocenters. The number of H-pyrrole nitrogens is 1. The largest absolute Gasteiger partial charge is 0.481 e. The summed E-state index contributed by atoms with van der Waals surface area (Å²) in [4.78, 5) is 11.9. The lowest BCUT2D eigenvalue weighted by atomic mass is 10.3. The normalized spacial score (nSPS) is 10.4. The molecule has 84 valence electrons. The van der Waals surface area contributed by atoms with Gasteiger partial charge < -0.3 is 9.72 Å². The Kier molecular flexibility index (Phi) is 3.19. The maximum Gasteiger partial charge on any atom is 0.213 e. The summed E-state index contributed by atoms with van der Waals surface area (Å²) in [6.07, 6.45) is 3.86. The van der Waals surface area contributed by atoms with Crippen molar-refractivity contribution in [3.63, 3.8) is 0 Å². The van der Waals surface area contributed by atoms with E-state index >= 15 is 0 Å². The van der Waals surface area contributed by atoms with Crippen LogP contribution in [0.25, 0.3) is 11.4 Å². The summed E-state index contributed by atoms with van der Waals surface area (Å²) < 4.78 is 5.09. The number of nitrogens with one attached hydrogen (secondary N) is 1. The van der Waals surface area contributed by atoms with Crippen LogP contribution in [-0.2, 0) is 6.42 Å². The Morgan fingerprint density at radius 1 is 1.38 bits per heavy atom. The second-order valence-electron chi connectivity index (χ2n) is 3.56. The average molecular weight is 217 g/mol. The van der Waals surface area contributed by atoms with E-state index in [0.717, 1.165) is 30.1 Å². The van der Waals surface area contributed by atoms with E-state index in [1.165, 1.54) is 0 Å². The highest BCUT2D eigenvalue weighted by Crippen LogP contribution is 2.17. The number of hydrogen-bond donors (Lipinski definition) is 1. The number of aromatic amines is 1. The van der Waals surface area contributed by atoms with Crippen molar-refractivity contribution in [2.45, 2.75) is 19.8 Å². The minimum absolute atomic E-state index is 0.615. The molecular weight excluding hydrogens is 202 g/mol. The van der Waals surface area contributed by atoms with Crippen LogP contribution in [0, 0.1) is 0 Å². The van der Waals surface area contributed by atoms with Gasteiger partial charge in [0.2, 0.25) is 5.88 Å². The number of pyridine rings is 1. The first kappa shape index (κ1) is 10.7. The van der Waals surface area contributed by atoms with Crippen molar-refractivity contribution in [3.8, 4) is 17.3 Å². The Labute approximate surface area is 94.7 Å². The van der Waals surface area contributed by atoms with Crippen molar-refractivity contribution >= 4 is 0 Å². The molecule has 0 amide bonds. The third kappa shape index (κ3) is 2.21. The fourth-order valence-electron chi connectivity index (χ4n) is 1.54. The lowest BCUT2D eigenvalue weighted by molar-refractivity contribution is 0.398. The molecule has 0 radical (unpaired) electrons. The molecule has 0 aliphatic carbocycles. The molecular formula is C12H15N3O. The Morgan fingerprint density at radius 3 is 3.00 bits per heavy atom. The highest BCUT2D eigenvalue weighted by molar-refractivity contribution is 5.53. The van der Waals surface area contributed by atoms with E-state index in [2.05, 4.69) is 21.9 Å². The number of methoxy groups -OCH3 is 1. The highest BCUT2D eigenvalue weighted by Gasteiger charge is 2.04. The van der Waals surface area contributed by atoms with Gasteiger partial charge in [-0.25, -0.2) is 9.97 Å². The SMILES string of the molecule is CCCc1ncc(-c2cccc(OC)n2)[nH]1. The van der Waals surface area contributed by atoms with Crippen LogP contribution in [0.15, 0.2) is 24.4 Å². The maximum absolute atomic E-state index is 5.09. The summed E-state index contributed by atoms with van der Waals surface area (Å²) in [7, 11) is 1.61. The molecule has 16 heavy (non-hydrogen) atoms. The van der Waals surface area contributed by atoms with Crippen molar-refractivity contribution in [2.75, 3.05) is 7.11 Å². The standard InChI is InChI=1S/C12H15N3O/c1-3-5-11-13-8-10(14-11)9-6-4-7-12(15-9)16-2/h4,6-8H,3,5H2,1-2H3,(H,13,14). The van der Waals surface area contributed by atoms with E-state index in [1.807, 2.05) is 24.4 Å². The van der Waals surface area contributed by atoms with Crippen molar-refractivity contribution in [1.29, 1.82) is 0 Å². The Hall–Kier alpha value is -1.84. The second-order valence-corrected chi connectivity index (χ2v) is 3.56. The van der Waals surface area contributed by atoms with Gasteiger partial charge in [-0.1, -0.05) is 13.0 Å². The van der Waals surface area contributed by atoms with Crippen molar-refractivity contribution in [2.24, 2.45) is 0 Å². The number of nitrogens with zero attached hydrogens (tertiary/aromatic N) is 2.